The number of carbonyl (C=O) groups excluding carboxylic acids is 1. The van der Waals surface area contributed by atoms with Crippen molar-refractivity contribution in [2.24, 2.45) is 0 Å². The molecule has 0 saturated heterocycles. The summed E-state index contributed by atoms with van der Waals surface area (Å²) in [5, 5.41) is 0.484. The molecule has 0 aliphatic heterocycles. The van der Waals surface area contributed by atoms with E-state index in [1.165, 1.54) is 11.8 Å². The lowest BCUT2D eigenvalue weighted by Crippen LogP contribution is -2.12. The van der Waals surface area contributed by atoms with E-state index in [4.69, 9.17) is 22.1 Å². The normalized spacial score (nSPS) is 11.4. The number of hydrogen-bond donors (Lipinski definition) is 1. The Morgan fingerprint density at radius 3 is 2.56 bits per heavy atom. The fraction of sp³-hybridized carbons (Fsp3) is 0.462. The Hall–Kier alpha value is -0.870. The van der Waals surface area contributed by atoms with E-state index in [2.05, 4.69) is 20.8 Å². The second-order valence-corrected chi connectivity index (χ2v) is 7.06. The third kappa shape index (κ3) is 4.10. The largest absolute Gasteiger partial charge is 0.462 e. The van der Waals surface area contributed by atoms with E-state index in [0.29, 0.717) is 22.9 Å². The number of esters is 1. The van der Waals surface area contributed by atoms with Gasteiger partial charge in [-0.05, 0) is 19.1 Å². The Morgan fingerprint density at radius 1 is 1.44 bits per heavy atom. The molecule has 0 aromatic heterocycles. The minimum absolute atomic E-state index is 0.0546. The van der Waals surface area contributed by atoms with Gasteiger partial charge in [-0.1, -0.05) is 32.4 Å². The van der Waals surface area contributed by atoms with E-state index in [1.807, 2.05) is 0 Å². The third-order valence-electron chi connectivity index (χ3n) is 1.97. The minimum atomic E-state index is -0.390. The molecule has 0 heterocycles. The Morgan fingerprint density at radius 2 is 2.06 bits per heavy atom. The number of carbonyl (C=O) groups is 1. The summed E-state index contributed by atoms with van der Waals surface area (Å²) in [6, 6.07) is 3.26. The summed E-state index contributed by atoms with van der Waals surface area (Å²) in [4.78, 5) is 12.6. The van der Waals surface area contributed by atoms with Crippen molar-refractivity contribution in [2.45, 2.75) is 37.3 Å². The standard InChI is InChI=1S/C13H18ClNO2S/c1-5-17-12(16)9-6-8(15)7-10(14)11(9)18-13(2,3)4/h6-7H,5,15H2,1-4H3. The summed E-state index contributed by atoms with van der Waals surface area (Å²) in [6.07, 6.45) is 0. The van der Waals surface area contributed by atoms with Crippen LogP contribution in [-0.4, -0.2) is 17.3 Å². The number of hydrogen-bond acceptors (Lipinski definition) is 4. The smallest absolute Gasteiger partial charge is 0.339 e. The molecule has 0 aliphatic carbocycles. The van der Waals surface area contributed by atoms with Crippen LogP contribution in [0, 0.1) is 0 Å². The van der Waals surface area contributed by atoms with Gasteiger partial charge in [-0.25, -0.2) is 4.79 Å². The van der Waals surface area contributed by atoms with E-state index in [0.717, 1.165) is 4.90 Å². The lowest BCUT2D eigenvalue weighted by Gasteiger charge is -2.20. The van der Waals surface area contributed by atoms with Crippen LogP contribution < -0.4 is 5.73 Å². The van der Waals surface area contributed by atoms with Crippen LogP contribution in [-0.2, 0) is 4.74 Å². The predicted octanol–water partition coefficient (Wildman–Crippen LogP) is 3.99. The maximum atomic E-state index is 11.9. The molecular weight excluding hydrogens is 270 g/mol. The Kier molecular flexibility index (Phi) is 4.93. The highest BCUT2D eigenvalue weighted by molar-refractivity contribution is 8.00. The van der Waals surface area contributed by atoms with Crippen molar-refractivity contribution in [1.82, 2.24) is 0 Å². The molecule has 0 amide bonds. The van der Waals surface area contributed by atoms with Gasteiger partial charge >= 0.3 is 5.97 Å². The van der Waals surface area contributed by atoms with Crippen molar-refractivity contribution in [2.75, 3.05) is 12.3 Å². The maximum Gasteiger partial charge on any atom is 0.339 e. The number of rotatable bonds is 3. The van der Waals surface area contributed by atoms with Crippen LogP contribution in [0.25, 0.3) is 0 Å². The Labute approximate surface area is 117 Å². The van der Waals surface area contributed by atoms with Crippen LogP contribution in [0.1, 0.15) is 38.1 Å². The number of benzene rings is 1. The number of nitrogens with two attached hydrogens (primary N) is 1. The van der Waals surface area contributed by atoms with E-state index in [9.17, 15) is 4.79 Å². The van der Waals surface area contributed by atoms with Crippen molar-refractivity contribution in [1.29, 1.82) is 0 Å². The third-order valence-corrected chi connectivity index (χ3v) is 3.64. The molecular formula is C13H18ClNO2S. The van der Waals surface area contributed by atoms with Gasteiger partial charge in [0.1, 0.15) is 0 Å². The van der Waals surface area contributed by atoms with Gasteiger partial charge in [0.25, 0.3) is 0 Å². The van der Waals surface area contributed by atoms with E-state index in [1.54, 1.807) is 19.1 Å². The van der Waals surface area contributed by atoms with Crippen LogP contribution in [0.5, 0.6) is 0 Å². The van der Waals surface area contributed by atoms with Crippen LogP contribution in [0.4, 0.5) is 5.69 Å². The summed E-state index contributed by atoms with van der Waals surface area (Å²) >= 11 is 7.70. The molecule has 5 heteroatoms. The van der Waals surface area contributed by atoms with Crippen molar-refractivity contribution < 1.29 is 9.53 Å². The second kappa shape index (κ2) is 5.85. The zero-order valence-electron chi connectivity index (χ0n) is 11.0. The SMILES string of the molecule is CCOC(=O)c1cc(N)cc(Cl)c1SC(C)(C)C. The van der Waals surface area contributed by atoms with Gasteiger partial charge < -0.3 is 10.5 Å². The van der Waals surface area contributed by atoms with Gasteiger partial charge in [0.2, 0.25) is 0 Å². The molecule has 3 nitrogen and oxygen atoms in total. The molecule has 0 saturated carbocycles. The molecule has 1 aromatic rings. The molecule has 2 N–H and O–H groups in total. The lowest BCUT2D eigenvalue weighted by molar-refractivity contribution is 0.0522. The molecule has 0 aliphatic rings. The summed E-state index contributed by atoms with van der Waals surface area (Å²) in [5.41, 5.74) is 6.62. The highest BCUT2D eigenvalue weighted by Crippen LogP contribution is 2.40. The minimum Gasteiger partial charge on any atom is -0.462 e. The second-order valence-electron chi connectivity index (χ2n) is 4.81. The first-order valence-corrected chi connectivity index (χ1v) is 6.89. The first-order valence-electron chi connectivity index (χ1n) is 5.69. The van der Waals surface area contributed by atoms with Crippen LogP contribution >= 0.6 is 23.4 Å². The van der Waals surface area contributed by atoms with E-state index < -0.39 is 5.97 Å². The fourth-order valence-corrected chi connectivity index (χ4v) is 2.75. The number of ether oxygens (including phenoxy) is 1. The molecule has 100 valence electrons. The number of nitrogen functional groups attached to an aromatic ring is 1. The summed E-state index contributed by atoms with van der Waals surface area (Å²) in [6.45, 7) is 8.26. The van der Waals surface area contributed by atoms with Crippen molar-refractivity contribution in [3.63, 3.8) is 0 Å². The number of anilines is 1. The lowest BCUT2D eigenvalue weighted by atomic mass is 10.2. The van der Waals surface area contributed by atoms with Crippen LogP contribution in [0.3, 0.4) is 0 Å². The monoisotopic (exact) mass is 287 g/mol. The van der Waals surface area contributed by atoms with E-state index >= 15 is 0 Å². The molecule has 1 aromatic carbocycles. The van der Waals surface area contributed by atoms with Gasteiger partial charge in [0.15, 0.2) is 0 Å². The first kappa shape index (κ1) is 15.2. The topological polar surface area (TPSA) is 52.3 Å². The van der Waals surface area contributed by atoms with Crippen LogP contribution in [0.2, 0.25) is 5.02 Å². The first-order chi connectivity index (χ1) is 8.24. The zero-order chi connectivity index (χ0) is 13.9. The Bertz CT molecular complexity index is 455. The Balaban J connectivity index is 3.25. The average Bonchev–Trinajstić information content (AvgIpc) is 2.20. The summed E-state index contributed by atoms with van der Waals surface area (Å²) in [7, 11) is 0. The molecule has 1 rings (SSSR count). The van der Waals surface area contributed by atoms with E-state index in [-0.39, 0.29) is 4.75 Å². The molecule has 0 spiro atoms. The number of thioether (sulfide) groups is 1. The molecule has 0 unspecified atom stereocenters. The molecule has 0 bridgehead atoms. The maximum absolute atomic E-state index is 11.9. The van der Waals surface area contributed by atoms with Gasteiger partial charge in [-0.3, -0.25) is 0 Å². The zero-order valence-corrected chi connectivity index (χ0v) is 12.6. The quantitative estimate of drug-likeness (QED) is 0.519. The molecule has 0 fully saturated rings. The summed E-state index contributed by atoms with van der Waals surface area (Å²) in [5.74, 6) is -0.390. The van der Waals surface area contributed by atoms with Gasteiger partial charge in [-0.15, -0.1) is 11.8 Å². The van der Waals surface area contributed by atoms with Crippen molar-refractivity contribution in [3.8, 4) is 0 Å². The summed E-state index contributed by atoms with van der Waals surface area (Å²) < 4.78 is 4.97. The molecule has 0 radical (unpaired) electrons. The molecule has 0 atom stereocenters. The highest BCUT2D eigenvalue weighted by Gasteiger charge is 2.22. The van der Waals surface area contributed by atoms with Crippen molar-refractivity contribution in [3.05, 3.63) is 22.7 Å². The number of halogens is 1. The fourth-order valence-electron chi connectivity index (χ4n) is 1.38. The van der Waals surface area contributed by atoms with Gasteiger partial charge in [0, 0.05) is 15.3 Å². The predicted molar refractivity (Wildman–Crippen MR) is 77.4 cm³/mol. The average molecular weight is 288 g/mol. The van der Waals surface area contributed by atoms with Gasteiger partial charge in [0.05, 0.1) is 17.2 Å². The highest BCUT2D eigenvalue weighted by atomic mass is 35.5. The van der Waals surface area contributed by atoms with Crippen LogP contribution in [0.15, 0.2) is 17.0 Å². The van der Waals surface area contributed by atoms with Crippen molar-refractivity contribution >= 4 is 35.0 Å². The molecule has 18 heavy (non-hydrogen) atoms. The van der Waals surface area contributed by atoms with Gasteiger partial charge in [-0.2, -0.15) is 0 Å².